The molecule has 3 rings (SSSR count). The van der Waals surface area contributed by atoms with Crippen LogP contribution in [0, 0.1) is 5.92 Å². The number of anilines is 1. The van der Waals surface area contributed by atoms with Crippen molar-refractivity contribution in [2.45, 2.75) is 13.0 Å². The summed E-state index contributed by atoms with van der Waals surface area (Å²) in [5.41, 5.74) is 2.45. The van der Waals surface area contributed by atoms with Gasteiger partial charge in [0.05, 0.1) is 13.2 Å². The number of para-hydroxylation sites is 1. The molecule has 0 bridgehead atoms. The van der Waals surface area contributed by atoms with Crippen LogP contribution in [0.1, 0.15) is 12.0 Å². The van der Waals surface area contributed by atoms with Crippen LogP contribution in [-0.4, -0.2) is 43.7 Å². The van der Waals surface area contributed by atoms with Gasteiger partial charge >= 0.3 is 0 Å². The molecule has 1 unspecified atom stereocenters. The predicted molar refractivity (Wildman–Crippen MR) is 83.2 cm³/mol. The van der Waals surface area contributed by atoms with Crippen molar-refractivity contribution >= 4 is 11.6 Å². The average molecular weight is 286 g/mol. The largest absolute Gasteiger partial charge is 0.378 e. The smallest absolute Gasteiger partial charge is 0.223 e. The summed E-state index contributed by atoms with van der Waals surface area (Å²) in [7, 11) is 0. The number of amides is 1. The van der Waals surface area contributed by atoms with Gasteiger partial charge in [-0.2, -0.15) is 0 Å². The second-order valence-corrected chi connectivity index (χ2v) is 5.70. The second-order valence-electron chi connectivity index (χ2n) is 5.70. The maximum absolute atomic E-state index is 12.1. The van der Waals surface area contributed by atoms with Crippen molar-refractivity contribution in [1.29, 1.82) is 0 Å². The first-order valence-corrected chi connectivity index (χ1v) is 7.59. The SMILES string of the molecule is C=CC1CC(=O)N(Cc2ccccc2N2CCOCC2)C1. The van der Waals surface area contributed by atoms with E-state index in [4.69, 9.17) is 4.74 Å². The third-order valence-corrected chi connectivity index (χ3v) is 4.28. The van der Waals surface area contributed by atoms with E-state index < -0.39 is 0 Å². The van der Waals surface area contributed by atoms with Crippen molar-refractivity contribution in [3.63, 3.8) is 0 Å². The molecule has 0 radical (unpaired) electrons. The summed E-state index contributed by atoms with van der Waals surface area (Å²) >= 11 is 0. The van der Waals surface area contributed by atoms with Crippen LogP contribution in [0.5, 0.6) is 0 Å². The Morgan fingerprint density at radius 2 is 2.05 bits per heavy atom. The Morgan fingerprint density at radius 3 is 2.76 bits per heavy atom. The third-order valence-electron chi connectivity index (χ3n) is 4.28. The summed E-state index contributed by atoms with van der Waals surface area (Å²) in [5, 5.41) is 0. The van der Waals surface area contributed by atoms with Crippen LogP contribution in [0.2, 0.25) is 0 Å². The Labute approximate surface area is 126 Å². The van der Waals surface area contributed by atoms with Crippen LogP contribution in [-0.2, 0) is 16.1 Å². The van der Waals surface area contributed by atoms with E-state index in [1.807, 2.05) is 17.0 Å². The zero-order valence-corrected chi connectivity index (χ0v) is 12.3. The number of likely N-dealkylation sites (tertiary alicyclic amines) is 1. The topological polar surface area (TPSA) is 32.8 Å². The minimum Gasteiger partial charge on any atom is -0.378 e. The number of hydrogen-bond donors (Lipinski definition) is 0. The lowest BCUT2D eigenvalue weighted by Gasteiger charge is -2.31. The first-order valence-electron chi connectivity index (χ1n) is 7.59. The van der Waals surface area contributed by atoms with Gasteiger partial charge < -0.3 is 14.5 Å². The minimum atomic E-state index is 0.233. The molecule has 1 aromatic carbocycles. The molecule has 0 aromatic heterocycles. The molecule has 2 heterocycles. The molecule has 0 spiro atoms. The number of morpholine rings is 1. The van der Waals surface area contributed by atoms with Gasteiger partial charge in [-0.1, -0.05) is 24.3 Å². The molecule has 4 heteroatoms. The van der Waals surface area contributed by atoms with Crippen molar-refractivity contribution in [2.24, 2.45) is 5.92 Å². The summed E-state index contributed by atoms with van der Waals surface area (Å²) in [4.78, 5) is 16.4. The van der Waals surface area contributed by atoms with E-state index in [1.54, 1.807) is 0 Å². The highest BCUT2D eigenvalue weighted by atomic mass is 16.5. The molecule has 2 saturated heterocycles. The number of ether oxygens (including phenoxy) is 1. The average Bonchev–Trinajstić information content (AvgIpc) is 2.89. The zero-order chi connectivity index (χ0) is 14.7. The van der Waals surface area contributed by atoms with Crippen molar-refractivity contribution in [3.05, 3.63) is 42.5 Å². The predicted octanol–water partition coefficient (Wildman–Crippen LogP) is 2.06. The lowest BCUT2D eigenvalue weighted by molar-refractivity contribution is -0.128. The van der Waals surface area contributed by atoms with Gasteiger partial charge in [0.2, 0.25) is 5.91 Å². The van der Waals surface area contributed by atoms with E-state index in [-0.39, 0.29) is 5.91 Å². The number of carbonyl (C=O) groups is 1. The fourth-order valence-corrected chi connectivity index (χ4v) is 3.08. The van der Waals surface area contributed by atoms with E-state index in [2.05, 4.69) is 29.7 Å². The highest BCUT2D eigenvalue weighted by Crippen LogP contribution is 2.26. The molecule has 112 valence electrons. The Balaban J connectivity index is 1.76. The van der Waals surface area contributed by atoms with Gasteiger partial charge in [-0.25, -0.2) is 0 Å². The molecule has 2 aliphatic rings. The molecule has 1 amide bonds. The normalized spacial score (nSPS) is 22.7. The van der Waals surface area contributed by atoms with Crippen LogP contribution in [0.15, 0.2) is 36.9 Å². The molecule has 21 heavy (non-hydrogen) atoms. The Bertz CT molecular complexity index is 523. The van der Waals surface area contributed by atoms with E-state index in [0.29, 0.717) is 18.9 Å². The van der Waals surface area contributed by atoms with Crippen molar-refractivity contribution in [1.82, 2.24) is 4.90 Å². The van der Waals surface area contributed by atoms with E-state index in [0.717, 1.165) is 32.8 Å². The summed E-state index contributed by atoms with van der Waals surface area (Å²) in [6, 6.07) is 8.38. The van der Waals surface area contributed by atoms with E-state index in [1.165, 1.54) is 11.3 Å². The standard InChI is InChI=1S/C17H22N2O2/c1-2-14-11-17(20)19(12-14)13-15-5-3-4-6-16(15)18-7-9-21-10-8-18/h2-6,14H,1,7-13H2. The first kappa shape index (κ1) is 14.1. The number of benzene rings is 1. The molecule has 0 saturated carbocycles. The van der Waals surface area contributed by atoms with Crippen molar-refractivity contribution in [3.8, 4) is 0 Å². The van der Waals surface area contributed by atoms with E-state index >= 15 is 0 Å². The molecule has 1 aromatic rings. The highest BCUT2D eigenvalue weighted by Gasteiger charge is 2.28. The number of hydrogen-bond acceptors (Lipinski definition) is 3. The second kappa shape index (κ2) is 6.31. The summed E-state index contributed by atoms with van der Waals surface area (Å²) in [6.45, 7) is 8.67. The monoisotopic (exact) mass is 286 g/mol. The first-order chi connectivity index (χ1) is 10.3. The van der Waals surface area contributed by atoms with Gasteiger partial charge in [0.15, 0.2) is 0 Å². The van der Waals surface area contributed by atoms with Crippen LogP contribution in [0.4, 0.5) is 5.69 Å². The van der Waals surface area contributed by atoms with Gasteiger partial charge in [0, 0.05) is 44.2 Å². The summed E-state index contributed by atoms with van der Waals surface area (Å²) < 4.78 is 5.42. The molecule has 2 aliphatic heterocycles. The quantitative estimate of drug-likeness (QED) is 0.794. The fraction of sp³-hybridized carbons (Fsp3) is 0.471. The van der Waals surface area contributed by atoms with Gasteiger partial charge in [-0.3, -0.25) is 4.79 Å². The molecular formula is C17H22N2O2. The summed E-state index contributed by atoms with van der Waals surface area (Å²) in [6.07, 6.45) is 2.50. The van der Waals surface area contributed by atoms with Crippen molar-refractivity contribution in [2.75, 3.05) is 37.7 Å². The van der Waals surface area contributed by atoms with E-state index in [9.17, 15) is 4.79 Å². The molecule has 0 aliphatic carbocycles. The molecule has 1 atom stereocenters. The molecule has 4 nitrogen and oxygen atoms in total. The lowest BCUT2D eigenvalue weighted by Crippen LogP contribution is -2.37. The number of carbonyl (C=O) groups excluding carboxylic acids is 1. The number of rotatable bonds is 4. The Kier molecular flexibility index (Phi) is 4.25. The zero-order valence-electron chi connectivity index (χ0n) is 12.3. The van der Waals surface area contributed by atoms with Crippen LogP contribution in [0.3, 0.4) is 0 Å². The van der Waals surface area contributed by atoms with Gasteiger partial charge in [-0.05, 0) is 11.6 Å². The lowest BCUT2D eigenvalue weighted by atomic mass is 10.1. The van der Waals surface area contributed by atoms with Crippen molar-refractivity contribution < 1.29 is 9.53 Å². The van der Waals surface area contributed by atoms with Crippen LogP contribution in [0.25, 0.3) is 0 Å². The Hall–Kier alpha value is -1.81. The van der Waals surface area contributed by atoms with Gasteiger partial charge in [-0.15, -0.1) is 6.58 Å². The molecule has 2 fully saturated rings. The Morgan fingerprint density at radius 1 is 1.29 bits per heavy atom. The minimum absolute atomic E-state index is 0.233. The number of nitrogens with zero attached hydrogens (tertiary/aromatic N) is 2. The highest BCUT2D eigenvalue weighted by molar-refractivity contribution is 5.79. The van der Waals surface area contributed by atoms with Gasteiger partial charge in [0.25, 0.3) is 0 Å². The van der Waals surface area contributed by atoms with Crippen LogP contribution >= 0.6 is 0 Å². The van der Waals surface area contributed by atoms with Gasteiger partial charge in [0.1, 0.15) is 0 Å². The third kappa shape index (κ3) is 3.10. The maximum Gasteiger partial charge on any atom is 0.223 e. The molecule has 0 N–H and O–H groups in total. The molecular weight excluding hydrogens is 264 g/mol. The fourth-order valence-electron chi connectivity index (χ4n) is 3.08. The summed E-state index contributed by atoms with van der Waals surface area (Å²) in [5.74, 6) is 0.532. The maximum atomic E-state index is 12.1. The van der Waals surface area contributed by atoms with Crippen LogP contribution < -0.4 is 4.90 Å².